The average Bonchev–Trinajstić information content (AvgIpc) is 2.36. The van der Waals surface area contributed by atoms with Gasteiger partial charge in [-0.25, -0.2) is 19.6 Å². The van der Waals surface area contributed by atoms with E-state index in [0.29, 0.717) is 6.54 Å². The lowest BCUT2D eigenvalue weighted by molar-refractivity contribution is 0.0377. The topological polar surface area (TPSA) is 91.4 Å². The second-order valence-corrected chi connectivity index (χ2v) is 5.05. The van der Waals surface area contributed by atoms with Gasteiger partial charge in [-0.2, -0.15) is 0 Å². The number of hydrogen-bond donors (Lipinski definition) is 3. The van der Waals surface area contributed by atoms with E-state index in [1.54, 1.807) is 23.4 Å². The van der Waals surface area contributed by atoms with Crippen LogP contribution >= 0.6 is 0 Å². The zero-order valence-corrected chi connectivity index (χ0v) is 8.24. The highest BCUT2D eigenvalue weighted by atomic mass is 32.2. The van der Waals surface area contributed by atoms with Crippen LogP contribution in [0.1, 0.15) is 0 Å². The Labute approximate surface area is 82.5 Å². The van der Waals surface area contributed by atoms with E-state index in [4.69, 9.17) is 14.7 Å². The van der Waals surface area contributed by atoms with Gasteiger partial charge in [-0.1, -0.05) is 0 Å². The molecular weight excluding hydrogens is 204 g/mol. The number of nitrogens with one attached hydrogen (secondary N) is 2. The molecule has 3 atom stereocenters. The molecule has 2 heterocycles. The van der Waals surface area contributed by atoms with E-state index in [1.165, 1.54) is 6.26 Å². The van der Waals surface area contributed by atoms with Crippen LogP contribution in [-0.2, 0) is 14.7 Å². The summed E-state index contributed by atoms with van der Waals surface area (Å²) in [6, 6.07) is 0. The molecule has 2 aliphatic rings. The Morgan fingerprint density at radius 1 is 1.64 bits per heavy atom. The molecule has 1 fully saturated rings. The van der Waals surface area contributed by atoms with Gasteiger partial charge in [0.2, 0.25) is 6.23 Å². The molecule has 7 heteroatoms. The van der Waals surface area contributed by atoms with Crippen molar-refractivity contribution in [1.29, 1.82) is 4.78 Å². The van der Waals surface area contributed by atoms with Crippen LogP contribution in [0, 0.1) is 4.78 Å². The second-order valence-electron chi connectivity index (χ2n) is 3.15. The molecule has 0 aliphatic carbocycles. The molecule has 0 saturated carbocycles. The predicted molar refractivity (Wildman–Crippen MR) is 51.8 cm³/mol. The van der Waals surface area contributed by atoms with Gasteiger partial charge in [0.15, 0.2) is 0 Å². The minimum absolute atomic E-state index is 0.391. The molecule has 0 aromatic heterocycles. The van der Waals surface area contributed by atoms with Crippen molar-refractivity contribution in [1.82, 2.24) is 10.4 Å². The Morgan fingerprint density at radius 3 is 3.14 bits per heavy atom. The zero-order chi connectivity index (χ0) is 10.2. The summed E-state index contributed by atoms with van der Waals surface area (Å²) in [5.74, 6) is 0. The van der Waals surface area contributed by atoms with Crippen LogP contribution in [0.25, 0.3) is 0 Å². The van der Waals surface area contributed by atoms with E-state index in [0.717, 1.165) is 0 Å². The third kappa shape index (κ3) is 1.61. The van der Waals surface area contributed by atoms with Crippen LogP contribution in [-0.4, -0.2) is 27.2 Å². The van der Waals surface area contributed by atoms with E-state index < -0.39 is 21.4 Å². The predicted octanol–water partition coefficient (Wildman–Crippen LogP) is -0.521. The zero-order valence-electron chi connectivity index (χ0n) is 7.42. The van der Waals surface area contributed by atoms with Crippen LogP contribution < -0.4 is 10.6 Å². The third-order valence-corrected chi connectivity index (χ3v) is 3.47. The molecule has 0 spiro atoms. The monoisotopic (exact) mass is 216 g/mol. The number of nitrogens with zero attached hydrogens (tertiary/aromatic N) is 1. The van der Waals surface area contributed by atoms with Gasteiger partial charge in [-0.05, 0) is 12.2 Å². The fraction of sp³-hybridized carbons (Fsp3) is 0.429. The van der Waals surface area contributed by atoms with Gasteiger partial charge in [0.1, 0.15) is 15.2 Å². The second kappa shape index (κ2) is 3.26. The number of hydrazine groups is 1. The summed E-state index contributed by atoms with van der Waals surface area (Å²) >= 11 is 0. The highest BCUT2D eigenvalue weighted by molar-refractivity contribution is 7.90. The van der Waals surface area contributed by atoms with Crippen LogP contribution in [0.5, 0.6) is 0 Å². The average molecular weight is 216 g/mol. The van der Waals surface area contributed by atoms with Gasteiger partial charge in [0, 0.05) is 12.7 Å². The minimum atomic E-state index is -3.09. The standard InChI is InChI=1S/C7H12N4O2S/c8-14(9,12)6-5-10-11-3-1-2-4-13-7(6)11/h1-4,6-7,10H,5H2,(H3,8,9,12). The Hall–Kier alpha value is -1.05. The first-order chi connectivity index (χ1) is 6.59. The van der Waals surface area contributed by atoms with Crippen molar-refractivity contribution in [2.75, 3.05) is 6.54 Å². The largest absolute Gasteiger partial charge is 0.475 e. The van der Waals surface area contributed by atoms with Gasteiger partial charge in [0.25, 0.3) is 0 Å². The van der Waals surface area contributed by atoms with Crippen molar-refractivity contribution in [3.8, 4) is 0 Å². The first-order valence-electron chi connectivity index (χ1n) is 4.15. The fourth-order valence-electron chi connectivity index (χ4n) is 1.47. The molecule has 0 amide bonds. The Morgan fingerprint density at radius 2 is 2.43 bits per heavy atom. The van der Waals surface area contributed by atoms with Crippen molar-refractivity contribution in [3.05, 3.63) is 24.6 Å². The summed E-state index contributed by atoms with van der Waals surface area (Å²) in [6.45, 7) is 0.391. The maximum absolute atomic E-state index is 11.4. The van der Waals surface area contributed by atoms with Gasteiger partial charge >= 0.3 is 0 Å². The molecule has 0 radical (unpaired) electrons. The smallest absolute Gasteiger partial charge is 0.201 e. The van der Waals surface area contributed by atoms with Crippen molar-refractivity contribution in [2.45, 2.75) is 11.5 Å². The number of rotatable bonds is 1. The molecule has 0 bridgehead atoms. The van der Waals surface area contributed by atoms with E-state index in [9.17, 15) is 4.21 Å². The Kier molecular flexibility index (Phi) is 2.22. The molecular formula is C7H12N4O2S. The Bertz CT molecular complexity index is 375. The molecule has 6 nitrogen and oxygen atoms in total. The van der Waals surface area contributed by atoms with Gasteiger partial charge in [0.05, 0.1) is 6.26 Å². The van der Waals surface area contributed by atoms with Gasteiger partial charge in [-0.15, -0.1) is 0 Å². The number of nitrogens with two attached hydrogens (primary N) is 1. The van der Waals surface area contributed by atoms with E-state index in [2.05, 4.69) is 5.43 Å². The summed E-state index contributed by atoms with van der Waals surface area (Å²) in [5.41, 5.74) is 2.96. The van der Waals surface area contributed by atoms with Crippen LogP contribution in [0.15, 0.2) is 24.6 Å². The van der Waals surface area contributed by atoms with Crippen molar-refractivity contribution >= 4 is 9.92 Å². The molecule has 3 unspecified atom stereocenters. The molecule has 78 valence electrons. The molecule has 0 aromatic rings. The highest BCUT2D eigenvalue weighted by Gasteiger charge is 2.39. The summed E-state index contributed by atoms with van der Waals surface area (Å²) in [7, 11) is -3.09. The molecule has 1 saturated heterocycles. The van der Waals surface area contributed by atoms with E-state index in [-0.39, 0.29) is 0 Å². The van der Waals surface area contributed by atoms with Gasteiger partial charge < -0.3 is 4.74 Å². The molecule has 2 rings (SSSR count). The third-order valence-electron chi connectivity index (χ3n) is 2.17. The summed E-state index contributed by atoms with van der Waals surface area (Å²) < 4.78 is 24.0. The SMILES string of the molecule is N=S(N)(=O)C1CNN2C=CC=COC12. The summed E-state index contributed by atoms with van der Waals surface area (Å²) in [5, 5.41) is 6.45. The van der Waals surface area contributed by atoms with E-state index in [1.807, 2.05) is 0 Å². The fourth-order valence-corrected chi connectivity index (χ4v) is 2.33. The van der Waals surface area contributed by atoms with Crippen LogP contribution in [0.3, 0.4) is 0 Å². The lowest BCUT2D eigenvalue weighted by atomic mass is 10.4. The number of fused-ring (bicyclic) bond motifs is 1. The first kappa shape index (κ1) is 9.50. The normalized spacial score (nSPS) is 34.5. The quantitative estimate of drug-likeness (QED) is 0.550. The summed E-state index contributed by atoms with van der Waals surface area (Å²) in [4.78, 5) is 0. The van der Waals surface area contributed by atoms with Crippen molar-refractivity contribution < 1.29 is 8.95 Å². The maximum atomic E-state index is 11.4. The van der Waals surface area contributed by atoms with Crippen molar-refractivity contribution in [3.63, 3.8) is 0 Å². The molecule has 2 aliphatic heterocycles. The number of allylic oxidation sites excluding steroid dienone is 2. The van der Waals surface area contributed by atoms with Crippen molar-refractivity contribution in [2.24, 2.45) is 5.14 Å². The Balaban J connectivity index is 2.25. The molecule has 4 N–H and O–H groups in total. The highest BCUT2D eigenvalue weighted by Crippen LogP contribution is 2.19. The van der Waals surface area contributed by atoms with Crippen LogP contribution in [0.2, 0.25) is 0 Å². The summed E-state index contributed by atoms with van der Waals surface area (Å²) in [6.07, 6.45) is 6.32. The van der Waals surface area contributed by atoms with Crippen LogP contribution in [0.4, 0.5) is 0 Å². The lowest BCUT2D eigenvalue weighted by Crippen LogP contribution is -2.41. The lowest BCUT2D eigenvalue weighted by Gasteiger charge is -2.23. The number of ether oxygens (including phenoxy) is 1. The first-order valence-corrected chi connectivity index (χ1v) is 5.83. The minimum Gasteiger partial charge on any atom is -0.475 e. The molecule has 14 heavy (non-hydrogen) atoms. The van der Waals surface area contributed by atoms with Gasteiger partial charge in [-0.3, -0.25) is 5.01 Å². The van der Waals surface area contributed by atoms with E-state index >= 15 is 0 Å². The molecule has 0 aromatic carbocycles. The maximum Gasteiger partial charge on any atom is 0.201 e. The number of hydrogen-bond acceptors (Lipinski definition) is 5.